The van der Waals surface area contributed by atoms with Gasteiger partial charge in [-0.3, -0.25) is 14.9 Å². The minimum Gasteiger partial charge on any atom is -0.500 e. The number of benzene rings is 2. The first-order valence-corrected chi connectivity index (χ1v) is 7.52. The third-order valence-electron chi connectivity index (χ3n) is 3.53. The number of nitro benzene ring substituents is 1. The topological polar surface area (TPSA) is 135 Å². The van der Waals surface area contributed by atoms with Crippen LogP contribution in [0.1, 0.15) is 5.56 Å². The number of amides is 1. The summed E-state index contributed by atoms with van der Waals surface area (Å²) in [5.74, 6) is -1.11. The summed E-state index contributed by atoms with van der Waals surface area (Å²) in [6.45, 7) is 0. The Morgan fingerprint density at radius 1 is 1.26 bits per heavy atom. The molecule has 0 atom stereocenters. The van der Waals surface area contributed by atoms with Crippen molar-refractivity contribution in [3.8, 4) is 23.3 Å². The third kappa shape index (κ3) is 4.32. The molecule has 0 saturated heterocycles. The number of carbonyl (C=O) groups is 1. The molecule has 0 aromatic heterocycles. The molecule has 0 saturated carbocycles. The lowest BCUT2D eigenvalue weighted by atomic mass is 10.1. The molecule has 0 aliphatic carbocycles. The lowest BCUT2D eigenvalue weighted by Crippen LogP contribution is -2.14. The first-order valence-electron chi connectivity index (χ1n) is 7.52. The smallest absolute Gasteiger partial charge is 0.315 e. The fourth-order valence-electron chi connectivity index (χ4n) is 2.24. The Bertz CT molecular complexity index is 962. The fraction of sp³-hybridized carbons (Fsp3) is 0.111. The van der Waals surface area contributed by atoms with Gasteiger partial charge in [-0.1, -0.05) is 12.1 Å². The molecule has 0 heterocycles. The standard InChI is InChI=1S/C18H15N3O6/c1-26-15-6-4-3-5-13(15)20-18(23)12(10-19)7-11-8-14(21(24)25)17(22)16(9-11)27-2/h3-9,22H,1-2H3,(H,20,23)/b12-7+. The Hall–Kier alpha value is -4.06. The van der Waals surface area contributed by atoms with Crippen molar-refractivity contribution in [1.29, 1.82) is 5.26 Å². The summed E-state index contributed by atoms with van der Waals surface area (Å²) >= 11 is 0. The van der Waals surface area contributed by atoms with E-state index in [-0.39, 0.29) is 16.9 Å². The zero-order valence-electron chi connectivity index (χ0n) is 14.4. The summed E-state index contributed by atoms with van der Waals surface area (Å²) in [5, 5.41) is 32.7. The number of aromatic hydroxyl groups is 1. The zero-order chi connectivity index (χ0) is 20.0. The van der Waals surface area contributed by atoms with Crippen molar-refractivity contribution in [3.63, 3.8) is 0 Å². The lowest BCUT2D eigenvalue weighted by molar-refractivity contribution is -0.386. The number of hydrogen-bond donors (Lipinski definition) is 2. The number of carbonyl (C=O) groups excluding carboxylic acids is 1. The third-order valence-corrected chi connectivity index (χ3v) is 3.53. The number of nitriles is 1. The maximum atomic E-state index is 12.4. The number of hydrogen-bond acceptors (Lipinski definition) is 7. The van der Waals surface area contributed by atoms with Crippen LogP contribution in [-0.4, -0.2) is 30.2 Å². The Kier molecular flexibility index (Phi) is 5.96. The first kappa shape index (κ1) is 19.3. The number of rotatable bonds is 6. The molecule has 0 spiro atoms. The second-order valence-corrected chi connectivity index (χ2v) is 5.17. The maximum absolute atomic E-state index is 12.4. The van der Waals surface area contributed by atoms with Crippen molar-refractivity contribution in [2.75, 3.05) is 19.5 Å². The summed E-state index contributed by atoms with van der Waals surface area (Å²) in [5.41, 5.74) is -0.408. The van der Waals surface area contributed by atoms with Gasteiger partial charge in [0.25, 0.3) is 5.91 Å². The largest absolute Gasteiger partial charge is 0.500 e. The van der Waals surface area contributed by atoms with Crippen LogP contribution in [0.5, 0.6) is 17.2 Å². The quantitative estimate of drug-likeness (QED) is 0.346. The lowest BCUT2D eigenvalue weighted by Gasteiger charge is -2.09. The summed E-state index contributed by atoms with van der Waals surface area (Å²) < 4.78 is 10.0. The molecule has 27 heavy (non-hydrogen) atoms. The van der Waals surface area contributed by atoms with Gasteiger partial charge in [0.15, 0.2) is 5.75 Å². The van der Waals surface area contributed by atoms with Gasteiger partial charge in [0.2, 0.25) is 5.75 Å². The van der Waals surface area contributed by atoms with E-state index >= 15 is 0 Å². The number of methoxy groups -OCH3 is 2. The van der Waals surface area contributed by atoms with Gasteiger partial charge in [0.1, 0.15) is 17.4 Å². The number of nitro groups is 1. The van der Waals surface area contributed by atoms with E-state index in [0.717, 1.165) is 12.1 Å². The Labute approximate surface area is 154 Å². The summed E-state index contributed by atoms with van der Waals surface area (Å²) in [4.78, 5) is 22.6. The van der Waals surface area contributed by atoms with E-state index in [1.54, 1.807) is 30.3 Å². The van der Waals surface area contributed by atoms with Crippen LogP contribution in [0.3, 0.4) is 0 Å². The molecule has 0 radical (unpaired) electrons. The van der Waals surface area contributed by atoms with Crippen molar-refractivity contribution in [2.45, 2.75) is 0 Å². The van der Waals surface area contributed by atoms with E-state index in [2.05, 4.69) is 5.32 Å². The van der Waals surface area contributed by atoms with Gasteiger partial charge in [-0.25, -0.2) is 0 Å². The molecule has 2 rings (SSSR count). The van der Waals surface area contributed by atoms with Crippen molar-refractivity contribution in [1.82, 2.24) is 0 Å². The number of phenolic OH excluding ortho intramolecular Hbond substituents is 1. The number of phenols is 1. The summed E-state index contributed by atoms with van der Waals surface area (Å²) in [7, 11) is 2.67. The van der Waals surface area contributed by atoms with Crippen LogP contribution < -0.4 is 14.8 Å². The fourth-order valence-corrected chi connectivity index (χ4v) is 2.24. The van der Waals surface area contributed by atoms with Crippen LogP contribution in [0.4, 0.5) is 11.4 Å². The Morgan fingerprint density at radius 2 is 1.93 bits per heavy atom. The second-order valence-electron chi connectivity index (χ2n) is 5.17. The van der Waals surface area contributed by atoms with Crippen LogP contribution in [0.25, 0.3) is 6.08 Å². The highest BCUT2D eigenvalue weighted by Gasteiger charge is 2.20. The minimum absolute atomic E-state index is 0.142. The molecular formula is C18H15N3O6. The minimum atomic E-state index is -0.795. The highest BCUT2D eigenvalue weighted by Crippen LogP contribution is 2.37. The van der Waals surface area contributed by atoms with E-state index in [0.29, 0.717) is 11.4 Å². The molecule has 0 unspecified atom stereocenters. The van der Waals surface area contributed by atoms with E-state index in [1.165, 1.54) is 20.3 Å². The maximum Gasteiger partial charge on any atom is 0.315 e. The van der Waals surface area contributed by atoms with Crippen molar-refractivity contribution in [2.24, 2.45) is 0 Å². The molecular weight excluding hydrogens is 354 g/mol. The van der Waals surface area contributed by atoms with Gasteiger partial charge in [0.05, 0.1) is 24.8 Å². The normalized spacial score (nSPS) is 10.6. The highest BCUT2D eigenvalue weighted by atomic mass is 16.6. The van der Waals surface area contributed by atoms with Crippen molar-refractivity contribution >= 4 is 23.4 Å². The Morgan fingerprint density at radius 3 is 2.52 bits per heavy atom. The first-order chi connectivity index (χ1) is 12.9. The average molecular weight is 369 g/mol. The number of nitrogens with zero attached hydrogens (tertiary/aromatic N) is 2. The van der Waals surface area contributed by atoms with Crippen LogP contribution >= 0.6 is 0 Å². The number of ether oxygens (including phenoxy) is 2. The van der Waals surface area contributed by atoms with Crippen LogP contribution in [-0.2, 0) is 4.79 Å². The highest BCUT2D eigenvalue weighted by molar-refractivity contribution is 6.10. The Balaban J connectivity index is 2.41. The van der Waals surface area contributed by atoms with Crippen molar-refractivity contribution < 1.29 is 24.3 Å². The van der Waals surface area contributed by atoms with Crippen molar-refractivity contribution in [3.05, 3.63) is 57.6 Å². The molecule has 9 nitrogen and oxygen atoms in total. The zero-order valence-corrected chi connectivity index (χ0v) is 14.4. The monoisotopic (exact) mass is 369 g/mol. The predicted octanol–water partition coefficient (Wildman–Crippen LogP) is 2.86. The van der Waals surface area contributed by atoms with E-state index in [9.17, 15) is 25.3 Å². The van der Waals surface area contributed by atoms with E-state index in [1.807, 2.05) is 0 Å². The SMILES string of the molecule is COc1ccccc1NC(=O)/C(C#N)=C/c1cc(OC)c(O)c([N+](=O)[O-])c1. The number of nitrogens with one attached hydrogen (secondary N) is 1. The van der Waals surface area contributed by atoms with Gasteiger partial charge in [-0.2, -0.15) is 5.26 Å². The van der Waals surface area contributed by atoms with Gasteiger partial charge >= 0.3 is 5.69 Å². The molecule has 1 amide bonds. The molecule has 2 aromatic rings. The molecule has 2 aromatic carbocycles. The molecule has 0 bridgehead atoms. The predicted molar refractivity (Wildman–Crippen MR) is 96.5 cm³/mol. The van der Waals surface area contributed by atoms with E-state index < -0.39 is 22.3 Å². The second kappa shape index (κ2) is 8.35. The molecule has 138 valence electrons. The van der Waals surface area contributed by atoms with Gasteiger partial charge in [0, 0.05) is 6.07 Å². The summed E-state index contributed by atoms with van der Waals surface area (Å²) in [6, 6.07) is 10.7. The molecule has 9 heteroatoms. The molecule has 2 N–H and O–H groups in total. The molecule has 0 aliphatic rings. The van der Waals surface area contributed by atoms with Crippen LogP contribution in [0, 0.1) is 21.4 Å². The average Bonchev–Trinajstić information content (AvgIpc) is 2.67. The molecule has 0 fully saturated rings. The van der Waals surface area contributed by atoms with Gasteiger partial charge in [-0.05, 0) is 29.8 Å². The van der Waals surface area contributed by atoms with Crippen LogP contribution in [0.15, 0.2) is 42.0 Å². The van der Waals surface area contributed by atoms with E-state index in [4.69, 9.17) is 9.47 Å². The van der Waals surface area contributed by atoms with Gasteiger partial charge in [-0.15, -0.1) is 0 Å². The number of para-hydroxylation sites is 2. The van der Waals surface area contributed by atoms with Gasteiger partial charge < -0.3 is 19.9 Å². The summed E-state index contributed by atoms with van der Waals surface area (Å²) in [6.07, 6.45) is 1.15. The molecule has 0 aliphatic heterocycles. The number of anilines is 1. The van der Waals surface area contributed by atoms with Crippen LogP contribution in [0.2, 0.25) is 0 Å².